The molecule has 0 amide bonds. The predicted octanol–water partition coefficient (Wildman–Crippen LogP) is 8.80. The first-order valence-electron chi connectivity index (χ1n) is 13.1. The van der Waals surface area contributed by atoms with Gasteiger partial charge in [-0.15, -0.1) is 0 Å². The third-order valence-electron chi connectivity index (χ3n) is 9.49. The summed E-state index contributed by atoms with van der Waals surface area (Å²) in [7, 11) is 0. The molecular formula is C26H42F3I. The Bertz CT molecular complexity index is 514. The van der Waals surface area contributed by atoms with Crippen LogP contribution in [0.3, 0.4) is 0 Å². The molecule has 4 rings (SSSR count). The summed E-state index contributed by atoms with van der Waals surface area (Å²) in [6, 6.07) is 0. The second kappa shape index (κ2) is 11.1. The summed E-state index contributed by atoms with van der Waals surface area (Å²) in [5.74, 6) is 2.09. The van der Waals surface area contributed by atoms with E-state index in [4.69, 9.17) is 0 Å². The van der Waals surface area contributed by atoms with E-state index in [-0.39, 0.29) is 15.8 Å². The second-order valence-corrected chi connectivity index (χ2v) is 12.9. The molecule has 0 saturated heterocycles. The number of hydrogen-bond acceptors (Lipinski definition) is 0. The quantitative estimate of drug-likeness (QED) is 0.242. The van der Waals surface area contributed by atoms with Crippen molar-refractivity contribution >= 4 is 22.6 Å². The largest absolute Gasteiger partial charge is 0.246 e. The molecule has 30 heavy (non-hydrogen) atoms. The Morgan fingerprint density at radius 2 is 1.10 bits per heavy atom. The summed E-state index contributed by atoms with van der Waals surface area (Å²) in [5, 5.41) is 0. The van der Waals surface area contributed by atoms with Gasteiger partial charge in [-0.1, -0.05) is 80.4 Å². The lowest BCUT2D eigenvalue weighted by atomic mass is 9.64. The van der Waals surface area contributed by atoms with E-state index < -0.39 is 18.5 Å². The second-order valence-electron chi connectivity index (χ2n) is 11.3. The van der Waals surface area contributed by atoms with Gasteiger partial charge in [0.25, 0.3) is 0 Å². The van der Waals surface area contributed by atoms with Crippen LogP contribution >= 0.6 is 22.6 Å². The molecule has 0 N–H and O–H groups in total. The molecule has 0 spiro atoms. The van der Waals surface area contributed by atoms with Crippen LogP contribution in [0.1, 0.15) is 103 Å². The molecular weight excluding hydrogens is 496 g/mol. The summed E-state index contributed by atoms with van der Waals surface area (Å²) < 4.78 is 44.5. The van der Waals surface area contributed by atoms with Crippen molar-refractivity contribution in [2.45, 2.75) is 125 Å². The Morgan fingerprint density at radius 1 is 0.567 bits per heavy atom. The Labute approximate surface area is 196 Å². The maximum Gasteiger partial charge on any atom is 0.134 e. The topological polar surface area (TPSA) is 0 Å². The third kappa shape index (κ3) is 5.71. The lowest BCUT2D eigenvalue weighted by Gasteiger charge is -2.44. The van der Waals surface area contributed by atoms with E-state index >= 15 is 8.78 Å². The summed E-state index contributed by atoms with van der Waals surface area (Å²) in [4.78, 5) is 0. The van der Waals surface area contributed by atoms with E-state index in [2.05, 4.69) is 22.6 Å². The highest BCUT2D eigenvalue weighted by Gasteiger charge is 2.46. The van der Waals surface area contributed by atoms with Gasteiger partial charge in [0.15, 0.2) is 0 Å². The predicted molar refractivity (Wildman–Crippen MR) is 127 cm³/mol. The van der Waals surface area contributed by atoms with Gasteiger partial charge in [-0.3, -0.25) is 0 Å². The first-order chi connectivity index (χ1) is 14.5. The minimum Gasteiger partial charge on any atom is -0.246 e. The fourth-order valence-electron chi connectivity index (χ4n) is 7.53. The molecule has 0 bridgehead atoms. The van der Waals surface area contributed by atoms with Crippen LogP contribution in [0.4, 0.5) is 13.2 Å². The molecule has 0 heterocycles. The monoisotopic (exact) mass is 538 g/mol. The zero-order valence-corrected chi connectivity index (χ0v) is 20.8. The molecule has 4 heteroatoms. The minimum absolute atomic E-state index is 0.00939. The summed E-state index contributed by atoms with van der Waals surface area (Å²) in [6.45, 7) is 0. The average molecular weight is 539 g/mol. The van der Waals surface area contributed by atoms with Gasteiger partial charge >= 0.3 is 0 Å². The van der Waals surface area contributed by atoms with Crippen molar-refractivity contribution in [1.29, 1.82) is 0 Å². The molecule has 0 nitrogen and oxygen atoms in total. The number of rotatable bonds is 5. The van der Waals surface area contributed by atoms with Crippen LogP contribution in [-0.4, -0.2) is 22.4 Å². The maximum absolute atomic E-state index is 15.2. The standard InChI is InChI=1S/C26H42F3I/c27-23-16-18(10-15-24(23)30)7-6-17-8-11-20(12-9-17)22-14-13-21(25(28)26(22)29)19-4-2-1-3-5-19/h17-26H,1-16H2. The fraction of sp³-hybridized carbons (Fsp3) is 1.00. The van der Waals surface area contributed by atoms with E-state index in [1.807, 2.05) is 0 Å². The van der Waals surface area contributed by atoms with Gasteiger partial charge in [-0.25, -0.2) is 13.2 Å². The van der Waals surface area contributed by atoms with Crippen molar-refractivity contribution < 1.29 is 13.2 Å². The molecule has 4 saturated carbocycles. The third-order valence-corrected chi connectivity index (χ3v) is 10.9. The molecule has 174 valence electrons. The van der Waals surface area contributed by atoms with Crippen LogP contribution in [0.25, 0.3) is 0 Å². The van der Waals surface area contributed by atoms with E-state index in [1.165, 1.54) is 51.4 Å². The van der Waals surface area contributed by atoms with Crippen molar-refractivity contribution in [2.24, 2.45) is 35.5 Å². The van der Waals surface area contributed by atoms with Gasteiger partial charge < -0.3 is 0 Å². The van der Waals surface area contributed by atoms with Gasteiger partial charge in [0.05, 0.1) is 0 Å². The Morgan fingerprint density at radius 3 is 1.70 bits per heavy atom. The molecule has 7 atom stereocenters. The van der Waals surface area contributed by atoms with Gasteiger partial charge in [0, 0.05) is 3.92 Å². The van der Waals surface area contributed by atoms with Crippen LogP contribution in [0.2, 0.25) is 0 Å². The van der Waals surface area contributed by atoms with Crippen molar-refractivity contribution in [3.8, 4) is 0 Å². The lowest BCUT2D eigenvalue weighted by molar-refractivity contribution is -0.0349. The molecule has 0 aromatic heterocycles. The first kappa shape index (κ1) is 23.7. The molecule has 0 aromatic carbocycles. The van der Waals surface area contributed by atoms with Crippen LogP contribution in [-0.2, 0) is 0 Å². The lowest BCUT2D eigenvalue weighted by Crippen LogP contribution is -2.44. The van der Waals surface area contributed by atoms with Crippen LogP contribution < -0.4 is 0 Å². The first-order valence-corrected chi connectivity index (χ1v) is 14.3. The van der Waals surface area contributed by atoms with Crippen LogP contribution in [0.5, 0.6) is 0 Å². The van der Waals surface area contributed by atoms with E-state index in [0.717, 1.165) is 57.3 Å². The van der Waals surface area contributed by atoms with Crippen molar-refractivity contribution in [3.63, 3.8) is 0 Å². The summed E-state index contributed by atoms with van der Waals surface area (Å²) in [6.07, 6.45) is 14.6. The number of alkyl halides is 4. The van der Waals surface area contributed by atoms with Crippen molar-refractivity contribution in [1.82, 2.24) is 0 Å². The summed E-state index contributed by atoms with van der Waals surface area (Å²) in [5.41, 5.74) is 0. The van der Waals surface area contributed by atoms with E-state index in [0.29, 0.717) is 17.8 Å². The smallest absolute Gasteiger partial charge is 0.134 e. The van der Waals surface area contributed by atoms with Crippen molar-refractivity contribution in [2.75, 3.05) is 0 Å². The molecule has 4 aliphatic carbocycles. The minimum atomic E-state index is -1.22. The normalized spacial score (nSPS) is 46.6. The van der Waals surface area contributed by atoms with Crippen LogP contribution in [0, 0.1) is 35.5 Å². The molecule has 0 radical (unpaired) electrons. The fourth-order valence-corrected chi connectivity index (χ4v) is 8.18. The van der Waals surface area contributed by atoms with Crippen molar-refractivity contribution in [3.05, 3.63) is 0 Å². The zero-order valence-electron chi connectivity index (χ0n) is 18.6. The SMILES string of the molecule is FC1CC(CCC2CCC(C3CCC(C4CCCCC4)C(F)C3F)CC2)CCC1I. The highest BCUT2D eigenvalue weighted by molar-refractivity contribution is 14.1. The number of hydrogen-bond donors (Lipinski definition) is 0. The maximum atomic E-state index is 15.2. The van der Waals surface area contributed by atoms with Gasteiger partial charge in [0.1, 0.15) is 18.5 Å². The van der Waals surface area contributed by atoms with Gasteiger partial charge in [-0.05, 0) is 80.5 Å². The highest BCUT2D eigenvalue weighted by atomic mass is 127. The average Bonchev–Trinajstić information content (AvgIpc) is 2.77. The summed E-state index contributed by atoms with van der Waals surface area (Å²) >= 11 is 2.27. The molecule has 0 aliphatic heterocycles. The Balaban J connectivity index is 1.19. The highest BCUT2D eigenvalue weighted by Crippen LogP contribution is 2.48. The molecule has 4 fully saturated rings. The molecule has 4 aliphatic rings. The van der Waals surface area contributed by atoms with Crippen LogP contribution in [0.15, 0.2) is 0 Å². The number of halogens is 4. The van der Waals surface area contributed by atoms with Gasteiger partial charge in [-0.2, -0.15) is 0 Å². The van der Waals surface area contributed by atoms with Gasteiger partial charge in [0.2, 0.25) is 0 Å². The molecule has 0 aromatic rings. The Hall–Kier alpha value is 0.520. The van der Waals surface area contributed by atoms with E-state index in [9.17, 15) is 4.39 Å². The molecule has 7 unspecified atom stereocenters. The Kier molecular flexibility index (Phi) is 8.75. The van der Waals surface area contributed by atoms with E-state index in [1.54, 1.807) is 0 Å². The zero-order chi connectivity index (χ0) is 21.1.